The molecule has 214 valence electrons. The van der Waals surface area contributed by atoms with Crippen LogP contribution in [0.15, 0.2) is 24.3 Å². The van der Waals surface area contributed by atoms with Crippen LogP contribution in [-0.4, -0.2) is 72.3 Å². The molecule has 1 heterocycles. The summed E-state index contributed by atoms with van der Waals surface area (Å²) in [5.41, 5.74) is -3.43. The first kappa shape index (κ1) is 31.2. The number of alkyl carbamates (subject to hydrolysis) is 1. The maximum Gasteiger partial charge on any atom is 0.407 e. The number of carbonyl (C=O) groups is 3. The minimum absolute atomic E-state index is 0.0932. The number of benzene rings is 1. The van der Waals surface area contributed by atoms with Gasteiger partial charge in [-0.1, -0.05) is 19.9 Å². The van der Waals surface area contributed by atoms with Crippen LogP contribution in [0, 0.1) is 17.7 Å². The largest absolute Gasteiger partial charge is 0.484 e. The summed E-state index contributed by atoms with van der Waals surface area (Å²) in [6, 6.07) is 2.74. The fraction of sp³-hybridized carbons (Fsp3) is 0.625. The van der Waals surface area contributed by atoms with Gasteiger partial charge < -0.3 is 30.5 Å². The smallest absolute Gasteiger partial charge is 0.407 e. The molecule has 4 atom stereocenters. The SMILES string of the molecule is CC(C)C[C@H](NC(=O)OCC(C)(C)Oc1cccc(F)c1)C(=O)N[C@@H](C[C@@H]1CCNC1=O)C(O)S(=O)(=O)O. The zero-order valence-corrected chi connectivity index (χ0v) is 22.6. The average Bonchev–Trinajstić information content (AvgIpc) is 3.19. The van der Waals surface area contributed by atoms with E-state index >= 15 is 0 Å². The lowest BCUT2D eigenvalue weighted by molar-refractivity contribution is -0.126. The highest BCUT2D eigenvalue weighted by molar-refractivity contribution is 7.86. The molecule has 0 saturated carbocycles. The van der Waals surface area contributed by atoms with Crippen LogP contribution >= 0.6 is 0 Å². The van der Waals surface area contributed by atoms with Crippen molar-refractivity contribution in [3.63, 3.8) is 0 Å². The third-order valence-electron chi connectivity index (χ3n) is 5.74. The molecule has 1 aromatic carbocycles. The average molecular weight is 562 g/mol. The molecule has 14 heteroatoms. The number of ether oxygens (including phenoxy) is 2. The Morgan fingerprint density at radius 3 is 2.50 bits per heavy atom. The van der Waals surface area contributed by atoms with Crippen LogP contribution in [0.3, 0.4) is 0 Å². The Hall–Kier alpha value is -2.97. The van der Waals surface area contributed by atoms with Gasteiger partial charge >= 0.3 is 6.09 Å². The van der Waals surface area contributed by atoms with Crippen LogP contribution in [0.1, 0.15) is 47.0 Å². The van der Waals surface area contributed by atoms with E-state index in [-0.39, 0.29) is 37.0 Å². The highest BCUT2D eigenvalue weighted by Crippen LogP contribution is 2.21. The first-order valence-corrected chi connectivity index (χ1v) is 13.7. The molecule has 1 aliphatic rings. The Kier molecular flexibility index (Phi) is 10.9. The summed E-state index contributed by atoms with van der Waals surface area (Å²) < 4.78 is 56.8. The molecule has 1 aliphatic heterocycles. The third kappa shape index (κ3) is 10.1. The van der Waals surface area contributed by atoms with Crippen molar-refractivity contribution in [1.29, 1.82) is 0 Å². The molecular formula is C24H36FN3O9S. The van der Waals surface area contributed by atoms with Crippen molar-refractivity contribution in [3.8, 4) is 5.75 Å². The highest BCUT2D eigenvalue weighted by atomic mass is 32.2. The lowest BCUT2D eigenvalue weighted by atomic mass is 9.97. The van der Waals surface area contributed by atoms with E-state index in [1.165, 1.54) is 18.2 Å². The molecule has 1 fully saturated rings. The molecule has 5 N–H and O–H groups in total. The van der Waals surface area contributed by atoms with Gasteiger partial charge in [-0.15, -0.1) is 0 Å². The molecule has 1 aromatic rings. The first-order valence-electron chi connectivity index (χ1n) is 12.2. The lowest BCUT2D eigenvalue weighted by Gasteiger charge is -2.28. The number of rotatable bonds is 13. The summed E-state index contributed by atoms with van der Waals surface area (Å²) in [6.07, 6.45) is -0.730. The van der Waals surface area contributed by atoms with E-state index in [9.17, 15) is 36.9 Å². The summed E-state index contributed by atoms with van der Waals surface area (Å²) in [7, 11) is -4.97. The number of nitrogens with one attached hydrogen (secondary N) is 3. The quantitative estimate of drug-likeness (QED) is 0.222. The van der Waals surface area contributed by atoms with Gasteiger partial charge in [-0.3, -0.25) is 14.1 Å². The van der Waals surface area contributed by atoms with Crippen molar-refractivity contribution in [2.75, 3.05) is 13.2 Å². The van der Waals surface area contributed by atoms with Crippen molar-refractivity contribution in [1.82, 2.24) is 16.0 Å². The van der Waals surface area contributed by atoms with E-state index in [0.717, 1.165) is 0 Å². The summed E-state index contributed by atoms with van der Waals surface area (Å²) in [6.45, 7) is 6.90. The Bertz CT molecular complexity index is 1100. The van der Waals surface area contributed by atoms with E-state index in [4.69, 9.17) is 9.47 Å². The molecule has 38 heavy (non-hydrogen) atoms. The van der Waals surface area contributed by atoms with Crippen LogP contribution in [0.4, 0.5) is 9.18 Å². The summed E-state index contributed by atoms with van der Waals surface area (Å²) in [5.74, 6) is -2.24. The normalized spacial score (nSPS) is 18.3. The fourth-order valence-electron chi connectivity index (χ4n) is 3.92. The van der Waals surface area contributed by atoms with E-state index < -0.39 is 57.0 Å². The van der Waals surface area contributed by atoms with Crippen LogP contribution in [0.25, 0.3) is 0 Å². The maximum absolute atomic E-state index is 13.4. The molecule has 0 aliphatic carbocycles. The third-order valence-corrected chi connectivity index (χ3v) is 6.67. The number of hydrogen-bond donors (Lipinski definition) is 5. The molecule has 0 aromatic heterocycles. The topological polar surface area (TPSA) is 180 Å². The van der Waals surface area contributed by atoms with Crippen molar-refractivity contribution in [3.05, 3.63) is 30.1 Å². The Morgan fingerprint density at radius 2 is 1.95 bits per heavy atom. The predicted octanol–water partition coefficient (Wildman–Crippen LogP) is 1.34. The number of hydrogen-bond acceptors (Lipinski definition) is 8. The molecule has 0 radical (unpaired) electrons. The van der Waals surface area contributed by atoms with E-state index in [1.807, 2.05) is 0 Å². The van der Waals surface area contributed by atoms with E-state index in [2.05, 4.69) is 16.0 Å². The minimum atomic E-state index is -4.97. The molecule has 2 rings (SSSR count). The predicted molar refractivity (Wildman–Crippen MR) is 134 cm³/mol. The number of amides is 3. The molecule has 1 unspecified atom stereocenters. The van der Waals surface area contributed by atoms with Gasteiger partial charge in [0.25, 0.3) is 10.1 Å². The van der Waals surface area contributed by atoms with Gasteiger partial charge in [0.1, 0.15) is 29.8 Å². The zero-order valence-electron chi connectivity index (χ0n) is 21.8. The van der Waals surface area contributed by atoms with Crippen molar-refractivity contribution in [2.45, 2.75) is 70.1 Å². The number of aliphatic hydroxyl groups excluding tert-OH is 1. The van der Waals surface area contributed by atoms with Crippen molar-refractivity contribution >= 4 is 28.0 Å². The monoisotopic (exact) mass is 561 g/mol. The standard InChI is InChI=1S/C24H36FN3O9S/c1-14(2)10-18(28-23(32)36-13-24(3,4)37-17-7-5-6-16(25)12-17)21(30)27-19(22(31)38(33,34)35)11-15-8-9-26-20(15)29/h5-7,12,14-15,18-19,22,31H,8-11,13H2,1-4H3,(H,26,29)(H,27,30)(H,28,32)(H,33,34,35)/t15-,18-,19-,22?/m0/s1. The Morgan fingerprint density at radius 1 is 1.26 bits per heavy atom. The van der Waals surface area contributed by atoms with Crippen molar-refractivity contribution in [2.24, 2.45) is 11.8 Å². The summed E-state index contributed by atoms with van der Waals surface area (Å²) >= 11 is 0. The summed E-state index contributed by atoms with van der Waals surface area (Å²) in [5, 5.41) is 17.5. The Balaban J connectivity index is 2.06. The van der Waals surface area contributed by atoms with E-state index in [0.29, 0.717) is 13.0 Å². The van der Waals surface area contributed by atoms with Crippen LogP contribution in [0.5, 0.6) is 5.75 Å². The van der Waals surface area contributed by atoms with Gasteiger partial charge in [0, 0.05) is 18.5 Å². The van der Waals surface area contributed by atoms with Crippen molar-refractivity contribution < 1.29 is 46.3 Å². The molecule has 0 spiro atoms. The second-order valence-corrected chi connectivity index (χ2v) is 11.8. The number of halogens is 1. The van der Waals surface area contributed by atoms with Crippen LogP contribution in [0.2, 0.25) is 0 Å². The van der Waals surface area contributed by atoms with Gasteiger partial charge in [0.05, 0.1) is 6.04 Å². The molecular weight excluding hydrogens is 525 g/mol. The maximum atomic E-state index is 13.4. The summed E-state index contributed by atoms with van der Waals surface area (Å²) in [4.78, 5) is 37.5. The second-order valence-electron chi connectivity index (χ2n) is 10.3. The highest BCUT2D eigenvalue weighted by Gasteiger charge is 2.38. The lowest BCUT2D eigenvalue weighted by Crippen LogP contribution is -2.55. The fourth-order valence-corrected chi connectivity index (χ4v) is 4.51. The van der Waals surface area contributed by atoms with Gasteiger partial charge in [-0.25, -0.2) is 9.18 Å². The zero-order chi connectivity index (χ0) is 28.7. The van der Waals surface area contributed by atoms with Crippen LogP contribution in [-0.2, 0) is 24.4 Å². The van der Waals surface area contributed by atoms with Gasteiger partial charge in [-0.05, 0) is 51.2 Å². The molecule has 0 bridgehead atoms. The van der Waals surface area contributed by atoms with Gasteiger partial charge in [0.15, 0.2) is 0 Å². The second kappa shape index (κ2) is 13.2. The van der Waals surface area contributed by atoms with Gasteiger partial charge in [0.2, 0.25) is 17.3 Å². The number of carbonyl (C=O) groups excluding carboxylic acids is 3. The van der Waals surface area contributed by atoms with Crippen LogP contribution < -0.4 is 20.7 Å². The Labute approximate surface area is 221 Å². The number of aliphatic hydroxyl groups is 1. The van der Waals surface area contributed by atoms with Gasteiger partial charge in [-0.2, -0.15) is 8.42 Å². The molecule has 12 nitrogen and oxygen atoms in total. The minimum Gasteiger partial charge on any atom is -0.484 e. The van der Waals surface area contributed by atoms with E-state index in [1.54, 1.807) is 33.8 Å². The molecule has 1 saturated heterocycles. The molecule has 3 amide bonds. The first-order chi connectivity index (χ1) is 17.6.